The van der Waals surface area contributed by atoms with Crippen molar-refractivity contribution in [2.45, 2.75) is 32.6 Å². The highest BCUT2D eigenvalue weighted by Gasteiger charge is 2.49. The Kier molecular flexibility index (Phi) is 1.50. The highest BCUT2D eigenvalue weighted by Crippen LogP contribution is 2.46. The second kappa shape index (κ2) is 2.31. The number of hydrogen-bond donors (Lipinski definition) is 1. The van der Waals surface area contributed by atoms with Crippen LogP contribution in [0.15, 0.2) is 0 Å². The van der Waals surface area contributed by atoms with Crippen LogP contribution in [0.2, 0.25) is 0 Å². The fraction of sp³-hybridized carbons (Fsp3) is 0.778. The second-order valence-electron chi connectivity index (χ2n) is 4.18. The van der Waals surface area contributed by atoms with Gasteiger partial charge in [0.25, 0.3) is 0 Å². The summed E-state index contributed by atoms with van der Waals surface area (Å²) in [5.41, 5.74) is -0.309. The van der Waals surface area contributed by atoms with Gasteiger partial charge in [-0.15, -0.1) is 0 Å². The normalized spacial score (nSPS) is 40.9. The number of nitrogens with one attached hydrogen (secondary N) is 1. The van der Waals surface area contributed by atoms with E-state index in [4.69, 9.17) is 0 Å². The van der Waals surface area contributed by atoms with E-state index < -0.39 is 0 Å². The van der Waals surface area contributed by atoms with E-state index in [1.54, 1.807) is 0 Å². The van der Waals surface area contributed by atoms with Crippen LogP contribution < -0.4 is 5.32 Å². The first kappa shape index (κ1) is 7.77. The van der Waals surface area contributed by atoms with E-state index in [1.807, 2.05) is 0 Å². The Bertz CT molecular complexity index is 249. The van der Waals surface area contributed by atoms with Gasteiger partial charge in [-0.2, -0.15) is 0 Å². The summed E-state index contributed by atoms with van der Waals surface area (Å²) >= 11 is 0. The lowest BCUT2D eigenvalue weighted by Gasteiger charge is -2.17. The minimum Gasteiger partial charge on any atom is -0.296 e. The van der Waals surface area contributed by atoms with Crippen molar-refractivity contribution < 1.29 is 9.59 Å². The lowest BCUT2D eigenvalue weighted by Crippen LogP contribution is -2.29. The first-order chi connectivity index (χ1) is 5.62. The number of rotatable bonds is 0. The molecule has 1 aliphatic heterocycles. The van der Waals surface area contributed by atoms with E-state index in [0.717, 1.165) is 19.3 Å². The van der Waals surface area contributed by atoms with E-state index in [0.29, 0.717) is 12.3 Å². The molecule has 0 aromatic rings. The standard InChI is InChI=1S/C9H13NO2/c1-6-2-3-9(4-6)5-7(11)10-8(9)12/h6H,2-5H2,1H3,(H,10,11,12). The molecule has 2 fully saturated rings. The van der Waals surface area contributed by atoms with Crippen molar-refractivity contribution in [2.24, 2.45) is 11.3 Å². The molecule has 2 atom stereocenters. The summed E-state index contributed by atoms with van der Waals surface area (Å²) in [6, 6.07) is 0. The van der Waals surface area contributed by atoms with E-state index >= 15 is 0 Å². The second-order valence-corrected chi connectivity index (χ2v) is 4.18. The van der Waals surface area contributed by atoms with Crippen LogP contribution in [0, 0.1) is 11.3 Å². The summed E-state index contributed by atoms with van der Waals surface area (Å²) in [6.45, 7) is 2.14. The molecule has 2 unspecified atom stereocenters. The Morgan fingerprint density at radius 1 is 1.50 bits per heavy atom. The average Bonchev–Trinajstić information content (AvgIpc) is 2.43. The van der Waals surface area contributed by atoms with Crippen LogP contribution >= 0.6 is 0 Å². The minimum atomic E-state index is -0.309. The molecule has 0 radical (unpaired) electrons. The summed E-state index contributed by atoms with van der Waals surface area (Å²) in [6.07, 6.45) is 3.30. The number of amides is 2. The van der Waals surface area contributed by atoms with Crippen molar-refractivity contribution >= 4 is 11.8 Å². The quantitative estimate of drug-likeness (QED) is 0.543. The first-order valence-corrected chi connectivity index (χ1v) is 4.47. The summed E-state index contributed by atoms with van der Waals surface area (Å²) in [5, 5.41) is 2.39. The third kappa shape index (κ3) is 0.958. The maximum absolute atomic E-state index is 11.4. The molecule has 1 N–H and O–H groups in total. The van der Waals surface area contributed by atoms with Gasteiger partial charge in [0.15, 0.2) is 0 Å². The summed E-state index contributed by atoms with van der Waals surface area (Å²) in [7, 11) is 0. The maximum Gasteiger partial charge on any atom is 0.233 e. The Balaban J connectivity index is 2.22. The molecule has 2 amide bonds. The molecule has 12 heavy (non-hydrogen) atoms. The average molecular weight is 167 g/mol. The third-order valence-electron chi connectivity index (χ3n) is 3.09. The van der Waals surface area contributed by atoms with Crippen LogP contribution in [0.25, 0.3) is 0 Å². The molecule has 1 spiro atoms. The van der Waals surface area contributed by atoms with Crippen LogP contribution in [0.3, 0.4) is 0 Å². The van der Waals surface area contributed by atoms with E-state index in [2.05, 4.69) is 12.2 Å². The molecule has 0 aromatic carbocycles. The van der Waals surface area contributed by atoms with Crippen LogP contribution in [0.4, 0.5) is 0 Å². The highest BCUT2D eigenvalue weighted by molar-refractivity contribution is 6.05. The van der Waals surface area contributed by atoms with Crippen molar-refractivity contribution in [1.82, 2.24) is 5.32 Å². The molecule has 1 saturated carbocycles. The van der Waals surface area contributed by atoms with E-state index in [9.17, 15) is 9.59 Å². The number of imide groups is 1. The molecule has 0 aromatic heterocycles. The Labute approximate surface area is 71.5 Å². The van der Waals surface area contributed by atoms with Crippen molar-refractivity contribution in [2.75, 3.05) is 0 Å². The zero-order valence-electron chi connectivity index (χ0n) is 7.22. The fourth-order valence-electron chi connectivity index (χ4n) is 2.45. The molecule has 3 heteroatoms. The Morgan fingerprint density at radius 2 is 2.25 bits per heavy atom. The van der Waals surface area contributed by atoms with Gasteiger partial charge in [-0.1, -0.05) is 6.92 Å². The summed E-state index contributed by atoms with van der Waals surface area (Å²) in [5.74, 6) is 0.479. The Morgan fingerprint density at radius 3 is 2.67 bits per heavy atom. The largest absolute Gasteiger partial charge is 0.296 e. The molecule has 2 aliphatic rings. The van der Waals surface area contributed by atoms with Gasteiger partial charge < -0.3 is 0 Å². The van der Waals surface area contributed by atoms with Gasteiger partial charge in [0, 0.05) is 6.42 Å². The van der Waals surface area contributed by atoms with Crippen molar-refractivity contribution in [3.63, 3.8) is 0 Å². The molecule has 1 heterocycles. The van der Waals surface area contributed by atoms with Crippen LogP contribution in [0.1, 0.15) is 32.6 Å². The topological polar surface area (TPSA) is 46.2 Å². The third-order valence-corrected chi connectivity index (χ3v) is 3.09. The monoisotopic (exact) mass is 167 g/mol. The Hall–Kier alpha value is -0.860. The first-order valence-electron chi connectivity index (χ1n) is 4.47. The minimum absolute atomic E-state index is 0.0307. The highest BCUT2D eigenvalue weighted by atomic mass is 16.2. The summed E-state index contributed by atoms with van der Waals surface area (Å²) < 4.78 is 0. The molecule has 0 bridgehead atoms. The maximum atomic E-state index is 11.4. The van der Waals surface area contributed by atoms with Crippen LogP contribution in [0.5, 0.6) is 0 Å². The lowest BCUT2D eigenvalue weighted by atomic mass is 9.84. The molecule has 1 aliphatic carbocycles. The van der Waals surface area contributed by atoms with Gasteiger partial charge in [-0.25, -0.2) is 0 Å². The number of carbonyl (C=O) groups is 2. The smallest absolute Gasteiger partial charge is 0.233 e. The van der Waals surface area contributed by atoms with Crippen LogP contribution in [-0.4, -0.2) is 11.8 Å². The molecule has 3 nitrogen and oxygen atoms in total. The van der Waals surface area contributed by atoms with Gasteiger partial charge >= 0.3 is 0 Å². The molecule has 2 rings (SSSR count). The van der Waals surface area contributed by atoms with Gasteiger partial charge in [-0.3, -0.25) is 14.9 Å². The van der Waals surface area contributed by atoms with Gasteiger partial charge in [0.2, 0.25) is 11.8 Å². The molecular formula is C9H13NO2. The zero-order chi connectivity index (χ0) is 8.77. The molecular weight excluding hydrogens is 154 g/mol. The van der Waals surface area contributed by atoms with Crippen molar-refractivity contribution in [3.8, 4) is 0 Å². The summed E-state index contributed by atoms with van der Waals surface area (Å²) in [4.78, 5) is 22.4. The van der Waals surface area contributed by atoms with Gasteiger partial charge in [0.05, 0.1) is 5.41 Å². The number of hydrogen-bond acceptors (Lipinski definition) is 2. The number of carbonyl (C=O) groups excluding carboxylic acids is 2. The van der Waals surface area contributed by atoms with Crippen LogP contribution in [-0.2, 0) is 9.59 Å². The predicted molar refractivity (Wildman–Crippen MR) is 43.2 cm³/mol. The van der Waals surface area contributed by atoms with Crippen molar-refractivity contribution in [1.29, 1.82) is 0 Å². The predicted octanol–water partition coefficient (Wildman–Crippen LogP) is 0.839. The lowest BCUT2D eigenvalue weighted by molar-refractivity contribution is -0.128. The van der Waals surface area contributed by atoms with E-state index in [-0.39, 0.29) is 17.2 Å². The van der Waals surface area contributed by atoms with E-state index in [1.165, 1.54) is 0 Å². The fourth-order valence-corrected chi connectivity index (χ4v) is 2.45. The van der Waals surface area contributed by atoms with Crippen molar-refractivity contribution in [3.05, 3.63) is 0 Å². The molecule has 66 valence electrons. The van der Waals surface area contributed by atoms with Gasteiger partial charge in [-0.05, 0) is 25.2 Å². The van der Waals surface area contributed by atoms with Gasteiger partial charge in [0.1, 0.15) is 0 Å². The SMILES string of the molecule is CC1CCC2(CC(=O)NC2=O)C1. The zero-order valence-corrected chi connectivity index (χ0v) is 7.22. The molecule has 1 saturated heterocycles.